The minimum atomic E-state index is -4.35. The average molecular weight is 522 g/mol. The second kappa shape index (κ2) is 11.1. The van der Waals surface area contributed by atoms with Gasteiger partial charge in [-0.15, -0.1) is 0 Å². The van der Waals surface area contributed by atoms with Crippen molar-refractivity contribution < 1.29 is 27.5 Å². The third kappa shape index (κ3) is 5.99. The van der Waals surface area contributed by atoms with Gasteiger partial charge in [0.15, 0.2) is 5.78 Å². The smallest absolute Gasteiger partial charge is 0.404 e. The van der Waals surface area contributed by atoms with Crippen LogP contribution in [0.3, 0.4) is 0 Å². The first-order chi connectivity index (χ1) is 17.5. The molecule has 4 atom stereocenters. The molecule has 4 rings (SSSR count). The van der Waals surface area contributed by atoms with Crippen LogP contribution in [-0.4, -0.2) is 84.2 Å². The van der Waals surface area contributed by atoms with Crippen LogP contribution >= 0.6 is 0 Å². The Bertz CT molecular complexity index is 1110. The number of likely N-dealkylation sites (tertiary alicyclic amines) is 2. The van der Waals surface area contributed by atoms with E-state index < -0.39 is 36.0 Å². The summed E-state index contributed by atoms with van der Waals surface area (Å²) in [6, 6.07) is 9.32. The zero-order chi connectivity index (χ0) is 26.9. The van der Waals surface area contributed by atoms with Crippen LogP contribution in [0.2, 0.25) is 0 Å². The number of nitrogens with zero attached hydrogens (tertiary/aromatic N) is 3. The van der Waals surface area contributed by atoms with Gasteiger partial charge in [-0.3, -0.25) is 14.6 Å². The van der Waals surface area contributed by atoms with Crippen molar-refractivity contribution in [2.75, 3.05) is 40.3 Å². The quantitative estimate of drug-likeness (QED) is 0.409. The first-order valence-corrected chi connectivity index (χ1v) is 12.8. The second-order valence-corrected chi connectivity index (χ2v) is 10.5. The predicted octanol–water partition coefficient (Wildman–Crippen LogP) is 5.04. The highest BCUT2D eigenvalue weighted by Crippen LogP contribution is 2.44. The van der Waals surface area contributed by atoms with Gasteiger partial charge in [0.05, 0.1) is 6.17 Å². The van der Waals surface area contributed by atoms with Crippen LogP contribution in [0.15, 0.2) is 42.5 Å². The van der Waals surface area contributed by atoms with Crippen LogP contribution in [0.5, 0.6) is 5.75 Å². The van der Waals surface area contributed by atoms with Crippen molar-refractivity contribution in [1.29, 1.82) is 0 Å². The molecule has 2 aliphatic heterocycles. The summed E-state index contributed by atoms with van der Waals surface area (Å²) in [5, 5.41) is 9.98. The molecule has 2 heterocycles. The molecule has 0 bridgehead atoms. The monoisotopic (exact) mass is 521 g/mol. The van der Waals surface area contributed by atoms with Crippen molar-refractivity contribution in [3.8, 4) is 5.75 Å². The number of hydrogen-bond donors (Lipinski definition) is 1. The van der Waals surface area contributed by atoms with Crippen molar-refractivity contribution in [2.24, 2.45) is 5.92 Å². The van der Waals surface area contributed by atoms with Crippen molar-refractivity contribution >= 4 is 5.78 Å². The van der Waals surface area contributed by atoms with Gasteiger partial charge in [-0.05, 0) is 75.5 Å². The van der Waals surface area contributed by atoms with Crippen molar-refractivity contribution in [3.05, 3.63) is 65.0 Å². The number of halogens is 4. The molecule has 9 heteroatoms. The Morgan fingerprint density at radius 1 is 1.16 bits per heavy atom. The first kappa shape index (κ1) is 27.5. The maximum atomic E-state index is 14.6. The van der Waals surface area contributed by atoms with Crippen LogP contribution in [0.25, 0.3) is 0 Å². The molecule has 0 spiro atoms. The number of hydrogen-bond acceptors (Lipinski definition) is 5. The molecule has 2 fully saturated rings. The van der Waals surface area contributed by atoms with Crippen LogP contribution in [0, 0.1) is 18.7 Å². The van der Waals surface area contributed by atoms with Gasteiger partial charge < -0.3 is 10.0 Å². The third-order valence-electron chi connectivity index (χ3n) is 7.87. The lowest BCUT2D eigenvalue weighted by atomic mass is 9.74. The molecule has 2 aliphatic rings. The van der Waals surface area contributed by atoms with Crippen LogP contribution in [-0.2, 0) is 0 Å². The van der Waals surface area contributed by atoms with E-state index in [-0.39, 0.29) is 30.9 Å². The minimum absolute atomic E-state index is 0.0347. The van der Waals surface area contributed by atoms with E-state index in [4.69, 9.17) is 0 Å². The fraction of sp³-hybridized carbons (Fsp3) is 0.536. The summed E-state index contributed by atoms with van der Waals surface area (Å²) in [6.07, 6.45) is -4.09. The lowest BCUT2D eigenvalue weighted by Gasteiger charge is -2.49. The number of ketones is 1. The summed E-state index contributed by atoms with van der Waals surface area (Å²) >= 11 is 0. The number of phenols is 1. The Morgan fingerprint density at radius 2 is 1.89 bits per heavy atom. The average Bonchev–Trinajstić information content (AvgIpc) is 3.34. The first-order valence-electron chi connectivity index (χ1n) is 12.8. The van der Waals surface area contributed by atoms with E-state index in [2.05, 4.69) is 0 Å². The lowest BCUT2D eigenvalue weighted by molar-refractivity contribution is -0.192. The van der Waals surface area contributed by atoms with Gasteiger partial charge in [-0.1, -0.05) is 24.3 Å². The molecule has 5 nitrogen and oxygen atoms in total. The zero-order valence-electron chi connectivity index (χ0n) is 21.5. The van der Waals surface area contributed by atoms with E-state index in [9.17, 15) is 27.5 Å². The highest BCUT2D eigenvalue weighted by molar-refractivity contribution is 5.99. The Hall–Kier alpha value is -2.49. The Morgan fingerprint density at radius 3 is 2.57 bits per heavy atom. The molecular weight excluding hydrogens is 486 g/mol. The van der Waals surface area contributed by atoms with Crippen molar-refractivity contribution in [3.63, 3.8) is 0 Å². The molecule has 2 aromatic carbocycles. The van der Waals surface area contributed by atoms with Gasteiger partial charge in [0.25, 0.3) is 0 Å². The normalized spacial score (nSPS) is 25.6. The van der Waals surface area contributed by atoms with Crippen molar-refractivity contribution in [2.45, 2.75) is 50.5 Å². The van der Waals surface area contributed by atoms with Crippen molar-refractivity contribution in [1.82, 2.24) is 14.7 Å². The summed E-state index contributed by atoms with van der Waals surface area (Å²) in [4.78, 5) is 19.3. The number of phenolic OH excluding ortho intramolecular Hbond substituents is 1. The number of aromatic hydroxyl groups is 1. The van der Waals surface area contributed by atoms with E-state index in [0.717, 1.165) is 0 Å². The highest BCUT2D eigenvalue weighted by atomic mass is 19.4. The van der Waals surface area contributed by atoms with E-state index >= 15 is 0 Å². The van der Waals surface area contributed by atoms with E-state index in [1.165, 1.54) is 18.2 Å². The van der Waals surface area contributed by atoms with Crippen LogP contribution in [0.4, 0.5) is 17.6 Å². The molecule has 0 radical (unpaired) electrons. The summed E-state index contributed by atoms with van der Waals surface area (Å²) < 4.78 is 56.7. The fourth-order valence-corrected chi connectivity index (χ4v) is 5.96. The van der Waals surface area contributed by atoms with Crippen LogP contribution in [0.1, 0.15) is 46.7 Å². The number of alkyl halides is 3. The number of rotatable bonds is 7. The molecule has 2 aromatic rings. The maximum Gasteiger partial charge on any atom is 0.404 e. The Labute approximate surface area is 215 Å². The topological polar surface area (TPSA) is 47.0 Å². The largest absolute Gasteiger partial charge is 0.508 e. The number of likely N-dealkylation sites (N-methyl/N-ethyl adjacent to an activating group) is 1. The number of carbonyl (C=O) groups is 1. The van der Waals surface area contributed by atoms with Gasteiger partial charge in [-0.25, -0.2) is 4.39 Å². The van der Waals surface area contributed by atoms with Gasteiger partial charge >= 0.3 is 6.18 Å². The summed E-state index contributed by atoms with van der Waals surface area (Å²) in [6.45, 7) is 3.35. The molecule has 0 unspecified atom stereocenters. The van der Waals surface area contributed by atoms with Gasteiger partial charge in [0.1, 0.15) is 17.6 Å². The van der Waals surface area contributed by atoms with Gasteiger partial charge in [0, 0.05) is 37.7 Å². The third-order valence-corrected chi connectivity index (χ3v) is 7.87. The molecule has 0 amide bonds. The molecule has 1 N–H and O–H groups in total. The van der Waals surface area contributed by atoms with Crippen LogP contribution < -0.4 is 0 Å². The Kier molecular flexibility index (Phi) is 8.26. The van der Waals surface area contributed by atoms with E-state index in [1.54, 1.807) is 36.1 Å². The van der Waals surface area contributed by atoms with E-state index in [1.807, 2.05) is 23.9 Å². The zero-order valence-corrected chi connectivity index (χ0v) is 21.5. The lowest BCUT2D eigenvalue weighted by Crippen LogP contribution is -2.60. The number of carbonyl (C=O) groups excluding carboxylic acids is 1. The molecule has 0 aromatic heterocycles. The number of Topliss-reactive ketones (excluding diaryl/α,β-unsaturated/α-hetero) is 1. The minimum Gasteiger partial charge on any atom is -0.508 e. The highest BCUT2D eigenvalue weighted by Gasteiger charge is 2.51. The van der Waals surface area contributed by atoms with Gasteiger partial charge in [0.2, 0.25) is 0 Å². The molecule has 202 valence electrons. The molecule has 37 heavy (non-hydrogen) atoms. The maximum absolute atomic E-state index is 14.6. The SMILES string of the molecule is Cc1c(F)cccc1[C@@H]1C[C@@H](N2CCC[C@H]2C(F)(F)F)N(CCN(C)C)C[C@@H]1C(=O)c1cccc(O)c1. The Balaban J connectivity index is 1.77. The van der Waals surface area contributed by atoms with Gasteiger partial charge in [-0.2, -0.15) is 13.2 Å². The predicted molar refractivity (Wildman–Crippen MR) is 134 cm³/mol. The van der Waals surface area contributed by atoms with E-state index in [0.29, 0.717) is 42.7 Å². The molecule has 2 saturated heterocycles. The standard InChI is InChI=1S/C28H35F4N3O2/c1-18-21(9-5-10-24(18)29)22-16-26(35-12-6-11-25(35)28(30,31)32)34(14-13-33(2)3)17-23(22)27(37)19-7-4-8-20(36)15-19/h4-5,7-10,15,22-23,25-26,36H,6,11-14,16-17H2,1-3H3/t22-,23-,25-,26+/m0/s1. The molecule has 0 saturated carbocycles. The number of benzene rings is 2. The second-order valence-electron chi connectivity index (χ2n) is 10.5. The summed E-state index contributed by atoms with van der Waals surface area (Å²) in [7, 11) is 3.81. The molecule has 0 aliphatic carbocycles. The summed E-state index contributed by atoms with van der Waals surface area (Å²) in [5.74, 6) is -1.71. The molecular formula is C28H35F4N3O2. The fourth-order valence-electron chi connectivity index (χ4n) is 5.96. The number of piperidine rings is 1. The summed E-state index contributed by atoms with van der Waals surface area (Å²) in [5.41, 5.74) is 1.40.